The van der Waals surface area contributed by atoms with Gasteiger partial charge in [-0.15, -0.1) is 0 Å². The average molecular weight is 793 g/mol. The number of esters is 3. The molecule has 3 atom stereocenters. The van der Waals surface area contributed by atoms with Crippen LogP contribution in [0.15, 0.2) is 0 Å². The Hall–Kier alpha value is -1.59. The van der Waals surface area contributed by atoms with Crippen molar-refractivity contribution in [3.05, 3.63) is 0 Å². The van der Waals surface area contributed by atoms with E-state index in [0.29, 0.717) is 19.3 Å². The van der Waals surface area contributed by atoms with E-state index < -0.39 is 6.10 Å². The lowest BCUT2D eigenvalue weighted by atomic mass is 9.99. The maximum atomic E-state index is 12.7. The smallest absolute Gasteiger partial charge is 0.306 e. The Morgan fingerprint density at radius 2 is 0.625 bits per heavy atom. The fraction of sp³-hybridized carbons (Fsp3) is 0.940. The minimum atomic E-state index is -0.762. The monoisotopic (exact) mass is 793 g/mol. The lowest BCUT2D eigenvalue weighted by Crippen LogP contribution is -2.30. The van der Waals surface area contributed by atoms with Gasteiger partial charge < -0.3 is 14.2 Å². The summed E-state index contributed by atoms with van der Waals surface area (Å²) in [6.07, 6.45) is 42.2. The van der Waals surface area contributed by atoms with Crippen LogP contribution >= 0.6 is 0 Å². The Morgan fingerprint density at radius 3 is 0.929 bits per heavy atom. The van der Waals surface area contributed by atoms with E-state index in [1.165, 1.54) is 161 Å². The summed E-state index contributed by atoms with van der Waals surface area (Å²) >= 11 is 0. The van der Waals surface area contributed by atoms with Gasteiger partial charge >= 0.3 is 17.9 Å². The Bertz CT molecular complexity index is 858. The van der Waals surface area contributed by atoms with Crippen molar-refractivity contribution >= 4 is 17.9 Å². The molecule has 0 radical (unpaired) electrons. The van der Waals surface area contributed by atoms with Crippen LogP contribution in [0.2, 0.25) is 0 Å². The van der Waals surface area contributed by atoms with Crippen LogP contribution in [0.5, 0.6) is 0 Å². The van der Waals surface area contributed by atoms with Gasteiger partial charge in [0.1, 0.15) is 13.2 Å². The lowest BCUT2D eigenvalue weighted by molar-refractivity contribution is -0.167. The highest BCUT2D eigenvalue weighted by Crippen LogP contribution is 2.18. The molecule has 0 aliphatic rings. The zero-order valence-electron chi connectivity index (χ0n) is 38.3. The van der Waals surface area contributed by atoms with Gasteiger partial charge in [-0.2, -0.15) is 0 Å². The molecule has 0 aromatic carbocycles. The van der Waals surface area contributed by atoms with E-state index in [9.17, 15) is 14.4 Å². The molecule has 0 aromatic heterocycles. The number of unbranched alkanes of at least 4 members (excludes halogenated alkanes) is 27. The summed E-state index contributed by atoms with van der Waals surface area (Å²) in [5.74, 6) is 0.825. The minimum absolute atomic E-state index is 0.0650. The van der Waals surface area contributed by atoms with Crippen LogP contribution in [0.1, 0.15) is 272 Å². The van der Waals surface area contributed by atoms with Gasteiger partial charge in [0, 0.05) is 19.3 Å². The molecule has 0 fully saturated rings. The number of hydrogen-bond acceptors (Lipinski definition) is 6. The van der Waals surface area contributed by atoms with Crippen LogP contribution in [0.25, 0.3) is 0 Å². The normalized spacial score (nSPS) is 13.0. The molecule has 0 amide bonds. The summed E-state index contributed by atoms with van der Waals surface area (Å²) in [4.78, 5) is 37.8. The highest BCUT2D eigenvalue weighted by atomic mass is 16.6. The summed E-state index contributed by atoms with van der Waals surface area (Å²) in [5.41, 5.74) is 0. The molecule has 2 unspecified atom stereocenters. The number of rotatable bonds is 44. The second-order valence-corrected chi connectivity index (χ2v) is 17.6. The molecule has 6 heteroatoms. The predicted molar refractivity (Wildman–Crippen MR) is 238 cm³/mol. The molecule has 332 valence electrons. The van der Waals surface area contributed by atoms with E-state index in [0.717, 1.165) is 69.6 Å². The van der Waals surface area contributed by atoms with Crippen molar-refractivity contribution in [2.24, 2.45) is 11.8 Å². The molecule has 0 saturated carbocycles. The van der Waals surface area contributed by atoms with Crippen LogP contribution in [0, 0.1) is 11.8 Å². The zero-order chi connectivity index (χ0) is 41.2. The quantitative estimate of drug-likeness (QED) is 0.0347. The molecule has 0 rings (SSSR count). The molecule has 0 aliphatic heterocycles. The van der Waals surface area contributed by atoms with Crippen molar-refractivity contribution in [3.63, 3.8) is 0 Å². The largest absolute Gasteiger partial charge is 0.462 e. The Balaban J connectivity index is 4.31. The van der Waals surface area contributed by atoms with E-state index in [2.05, 4.69) is 34.6 Å². The summed E-state index contributed by atoms with van der Waals surface area (Å²) in [5, 5.41) is 0. The van der Waals surface area contributed by atoms with E-state index in [1.807, 2.05) is 0 Å². The van der Waals surface area contributed by atoms with Gasteiger partial charge in [0.25, 0.3) is 0 Å². The SMILES string of the molecule is CCCCCCCCCCCCCCCCC(=O)OC[C@H](COC(=O)CCCCCCCCCCCCC(C)CC)OC(=O)CCCCCCCCC(C)CC. The average Bonchev–Trinajstić information content (AvgIpc) is 3.19. The van der Waals surface area contributed by atoms with Crippen molar-refractivity contribution in [1.82, 2.24) is 0 Å². The maximum Gasteiger partial charge on any atom is 0.306 e. The highest BCUT2D eigenvalue weighted by Gasteiger charge is 2.19. The first-order valence-corrected chi connectivity index (χ1v) is 24.8. The summed E-state index contributed by atoms with van der Waals surface area (Å²) in [7, 11) is 0. The second-order valence-electron chi connectivity index (χ2n) is 17.6. The fourth-order valence-electron chi connectivity index (χ4n) is 7.39. The maximum absolute atomic E-state index is 12.7. The van der Waals surface area contributed by atoms with Gasteiger partial charge in [0.05, 0.1) is 0 Å². The van der Waals surface area contributed by atoms with Gasteiger partial charge in [-0.1, -0.05) is 234 Å². The van der Waals surface area contributed by atoms with Crippen molar-refractivity contribution in [3.8, 4) is 0 Å². The Kier molecular flexibility index (Phi) is 41.8. The number of hydrogen-bond donors (Lipinski definition) is 0. The Labute approximate surface area is 348 Å². The van der Waals surface area contributed by atoms with Gasteiger partial charge in [-0.05, 0) is 31.1 Å². The molecule has 0 N–H and O–H groups in total. The summed E-state index contributed by atoms with van der Waals surface area (Å²) < 4.78 is 16.8. The highest BCUT2D eigenvalue weighted by molar-refractivity contribution is 5.71. The molecular formula is C50H96O6. The molecule has 56 heavy (non-hydrogen) atoms. The van der Waals surface area contributed by atoms with E-state index >= 15 is 0 Å². The van der Waals surface area contributed by atoms with Gasteiger partial charge in [-0.3, -0.25) is 14.4 Å². The molecular weight excluding hydrogens is 697 g/mol. The summed E-state index contributed by atoms with van der Waals surface area (Å²) in [6, 6.07) is 0. The topological polar surface area (TPSA) is 78.9 Å². The van der Waals surface area contributed by atoms with Crippen LogP contribution < -0.4 is 0 Å². The number of ether oxygens (including phenoxy) is 3. The summed E-state index contributed by atoms with van der Waals surface area (Å²) in [6.45, 7) is 11.4. The molecule has 0 saturated heterocycles. The van der Waals surface area contributed by atoms with Crippen molar-refractivity contribution in [2.45, 2.75) is 278 Å². The van der Waals surface area contributed by atoms with Gasteiger partial charge in [0.15, 0.2) is 6.10 Å². The van der Waals surface area contributed by atoms with Gasteiger partial charge in [-0.25, -0.2) is 0 Å². The number of carbonyl (C=O) groups is 3. The van der Waals surface area contributed by atoms with Crippen molar-refractivity contribution in [2.75, 3.05) is 13.2 Å². The standard InChI is InChI=1S/C50H96O6/c1-6-9-10-11-12-13-14-15-16-17-21-24-30-35-40-48(51)54-43-47(56-50(53)42-37-32-27-26-29-34-39-46(5)8-3)44-55-49(52)41-36-31-25-22-19-18-20-23-28-33-38-45(4)7-2/h45-47H,6-44H2,1-5H3/t45?,46?,47-/m1/s1. The molecule has 0 bridgehead atoms. The first-order chi connectivity index (χ1) is 27.3. The third-order valence-electron chi connectivity index (χ3n) is 11.9. The lowest BCUT2D eigenvalue weighted by Gasteiger charge is -2.18. The number of carbonyl (C=O) groups excluding carboxylic acids is 3. The van der Waals surface area contributed by atoms with E-state index in [4.69, 9.17) is 14.2 Å². The second kappa shape index (κ2) is 43.0. The predicted octanol–water partition coefficient (Wildman–Crippen LogP) is 15.8. The zero-order valence-corrected chi connectivity index (χ0v) is 38.3. The Morgan fingerprint density at radius 1 is 0.357 bits per heavy atom. The fourth-order valence-corrected chi connectivity index (χ4v) is 7.39. The van der Waals surface area contributed by atoms with Crippen molar-refractivity contribution in [1.29, 1.82) is 0 Å². The van der Waals surface area contributed by atoms with Crippen LogP contribution in [0.4, 0.5) is 0 Å². The van der Waals surface area contributed by atoms with Crippen molar-refractivity contribution < 1.29 is 28.6 Å². The molecule has 0 aromatic rings. The van der Waals surface area contributed by atoms with E-state index in [1.54, 1.807) is 0 Å². The van der Waals surface area contributed by atoms with Crippen LogP contribution in [-0.2, 0) is 28.6 Å². The third-order valence-corrected chi connectivity index (χ3v) is 11.9. The van der Waals surface area contributed by atoms with Crippen LogP contribution in [0.3, 0.4) is 0 Å². The first-order valence-electron chi connectivity index (χ1n) is 24.8. The van der Waals surface area contributed by atoms with Crippen LogP contribution in [-0.4, -0.2) is 37.2 Å². The van der Waals surface area contributed by atoms with E-state index in [-0.39, 0.29) is 31.1 Å². The van der Waals surface area contributed by atoms with Gasteiger partial charge in [0.2, 0.25) is 0 Å². The third kappa shape index (κ3) is 40.6. The molecule has 0 aliphatic carbocycles. The minimum Gasteiger partial charge on any atom is -0.462 e. The molecule has 0 spiro atoms. The first kappa shape index (κ1) is 54.4. The molecule has 0 heterocycles. The molecule has 6 nitrogen and oxygen atoms in total.